The maximum absolute atomic E-state index is 9.41. The fourth-order valence-corrected chi connectivity index (χ4v) is 1.47. The first-order valence-corrected chi connectivity index (χ1v) is 5.97. The lowest BCUT2D eigenvalue weighted by molar-refractivity contribution is 0.313. The normalized spacial score (nSPS) is 13.8. The molecule has 0 amide bonds. The van der Waals surface area contributed by atoms with Gasteiger partial charge in [-0.25, -0.2) is 0 Å². The molecule has 2 heteroatoms. The Morgan fingerprint density at radius 3 is 2.62 bits per heavy atom. The average molecular weight is 221 g/mol. The van der Waals surface area contributed by atoms with Crippen molar-refractivity contribution in [2.45, 2.75) is 40.2 Å². The molecule has 90 valence electrons. The van der Waals surface area contributed by atoms with Crippen molar-refractivity contribution >= 4 is 0 Å². The van der Waals surface area contributed by atoms with Gasteiger partial charge in [0.1, 0.15) is 5.75 Å². The first-order chi connectivity index (χ1) is 7.44. The molecule has 1 unspecified atom stereocenters. The molecule has 1 aromatic carbocycles. The number of phenolic OH excluding ortho intramolecular Hbond substituents is 1. The summed E-state index contributed by atoms with van der Waals surface area (Å²) in [5.74, 6) is 0.334. The summed E-state index contributed by atoms with van der Waals surface area (Å²) in [7, 11) is 0. The Hall–Kier alpha value is -1.02. The number of phenols is 1. The molecule has 0 aromatic heterocycles. The van der Waals surface area contributed by atoms with Gasteiger partial charge in [0.05, 0.1) is 0 Å². The lowest BCUT2D eigenvalue weighted by atomic mass is 9.90. The van der Waals surface area contributed by atoms with Gasteiger partial charge in [0.25, 0.3) is 0 Å². The largest absolute Gasteiger partial charge is 0.508 e. The Balaban J connectivity index is 2.56. The maximum Gasteiger partial charge on any atom is 0.115 e. The second kappa shape index (κ2) is 5.35. The quantitative estimate of drug-likeness (QED) is 0.798. The molecule has 0 saturated heterocycles. The molecule has 0 aliphatic heterocycles. The molecule has 2 nitrogen and oxygen atoms in total. The van der Waals surface area contributed by atoms with Crippen LogP contribution in [0.4, 0.5) is 0 Å². The number of aromatic hydroxyl groups is 1. The van der Waals surface area contributed by atoms with Crippen molar-refractivity contribution < 1.29 is 5.11 Å². The Morgan fingerprint density at radius 2 is 2.06 bits per heavy atom. The third-order valence-electron chi connectivity index (χ3n) is 3.21. The molecule has 1 rings (SSSR count). The van der Waals surface area contributed by atoms with Crippen molar-refractivity contribution in [3.63, 3.8) is 0 Å². The zero-order valence-corrected chi connectivity index (χ0v) is 10.7. The van der Waals surface area contributed by atoms with Gasteiger partial charge in [-0.05, 0) is 36.5 Å². The van der Waals surface area contributed by atoms with E-state index in [4.69, 9.17) is 0 Å². The van der Waals surface area contributed by atoms with Crippen LogP contribution in [0, 0.1) is 5.41 Å². The van der Waals surface area contributed by atoms with Crippen LogP contribution >= 0.6 is 0 Å². The maximum atomic E-state index is 9.41. The number of hydrogen-bond donors (Lipinski definition) is 2. The number of hydrogen-bond acceptors (Lipinski definition) is 2. The highest BCUT2D eigenvalue weighted by molar-refractivity contribution is 5.29. The number of nitrogens with one attached hydrogen (secondary N) is 1. The lowest BCUT2D eigenvalue weighted by Gasteiger charge is -2.26. The summed E-state index contributed by atoms with van der Waals surface area (Å²) in [6.45, 7) is 9.84. The minimum absolute atomic E-state index is 0.276. The van der Waals surface area contributed by atoms with Gasteiger partial charge in [-0.15, -0.1) is 0 Å². The first-order valence-electron chi connectivity index (χ1n) is 5.97. The van der Waals surface area contributed by atoms with Crippen LogP contribution in [-0.2, 0) is 0 Å². The van der Waals surface area contributed by atoms with Crippen LogP contribution in [0.5, 0.6) is 5.75 Å². The van der Waals surface area contributed by atoms with Crippen LogP contribution in [0.1, 0.15) is 45.7 Å². The van der Waals surface area contributed by atoms with E-state index in [1.165, 1.54) is 0 Å². The van der Waals surface area contributed by atoms with Crippen LogP contribution in [0.2, 0.25) is 0 Å². The molecule has 0 spiro atoms. The standard InChI is InChI=1S/C14H23NO/c1-5-14(3,4)10-15-11(2)12-7-6-8-13(16)9-12/h6-9,11,15-16H,5,10H2,1-4H3. The van der Waals surface area contributed by atoms with E-state index in [0.717, 1.165) is 18.5 Å². The van der Waals surface area contributed by atoms with E-state index in [1.54, 1.807) is 6.07 Å². The zero-order valence-electron chi connectivity index (χ0n) is 10.7. The summed E-state index contributed by atoms with van der Waals surface area (Å²) in [5, 5.41) is 12.9. The highest BCUT2D eigenvalue weighted by Crippen LogP contribution is 2.22. The minimum Gasteiger partial charge on any atom is -0.508 e. The fraction of sp³-hybridized carbons (Fsp3) is 0.571. The van der Waals surface area contributed by atoms with Crippen molar-refractivity contribution in [2.75, 3.05) is 6.54 Å². The molecule has 2 N–H and O–H groups in total. The molecule has 16 heavy (non-hydrogen) atoms. The van der Waals surface area contributed by atoms with Gasteiger partial charge in [-0.2, -0.15) is 0 Å². The van der Waals surface area contributed by atoms with Gasteiger partial charge in [-0.3, -0.25) is 0 Å². The minimum atomic E-state index is 0.276. The second-order valence-electron chi connectivity index (χ2n) is 5.22. The summed E-state index contributed by atoms with van der Waals surface area (Å²) >= 11 is 0. The average Bonchev–Trinajstić information content (AvgIpc) is 2.26. The molecule has 0 heterocycles. The topological polar surface area (TPSA) is 32.3 Å². The smallest absolute Gasteiger partial charge is 0.115 e. The van der Waals surface area contributed by atoms with Gasteiger partial charge in [0.15, 0.2) is 0 Å². The lowest BCUT2D eigenvalue weighted by Crippen LogP contribution is -2.30. The Labute approximate surface area is 98.7 Å². The van der Waals surface area contributed by atoms with Gasteiger partial charge in [0, 0.05) is 12.6 Å². The number of benzene rings is 1. The summed E-state index contributed by atoms with van der Waals surface area (Å²) in [6, 6.07) is 7.71. The van der Waals surface area contributed by atoms with E-state index in [9.17, 15) is 5.11 Å². The molecule has 0 radical (unpaired) electrons. The van der Waals surface area contributed by atoms with Crippen molar-refractivity contribution in [3.8, 4) is 5.75 Å². The van der Waals surface area contributed by atoms with Crippen molar-refractivity contribution in [3.05, 3.63) is 29.8 Å². The molecule has 1 aromatic rings. The van der Waals surface area contributed by atoms with E-state index >= 15 is 0 Å². The van der Waals surface area contributed by atoms with Gasteiger partial charge in [0.2, 0.25) is 0 Å². The van der Waals surface area contributed by atoms with Crippen LogP contribution in [0.25, 0.3) is 0 Å². The Morgan fingerprint density at radius 1 is 1.38 bits per heavy atom. The van der Waals surface area contributed by atoms with Crippen molar-refractivity contribution in [1.29, 1.82) is 0 Å². The molecular weight excluding hydrogens is 198 g/mol. The Kier molecular flexibility index (Phi) is 4.36. The monoisotopic (exact) mass is 221 g/mol. The van der Waals surface area contributed by atoms with Crippen LogP contribution in [-0.4, -0.2) is 11.7 Å². The Bertz CT molecular complexity index is 333. The predicted molar refractivity (Wildman–Crippen MR) is 68.6 cm³/mol. The molecule has 0 bridgehead atoms. The third kappa shape index (κ3) is 3.86. The van der Waals surface area contributed by atoms with E-state index in [2.05, 4.69) is 33.0 Å². The third-order valence-corrected chi connectivity index (χ3v) is 3.21. The first kappa shape index (κ1) is 13.0. The van der Waals surface area contributed by atoms with Gasteiger partial charge < -0.3 is 10.4 Å². The van der Waals surface area contributed by atoms with Gasteiger partial charge >= 0.3 is 0 Å². The summed E-state index contributed by atoms with van der Waals surface area (Å²) < 4.78 is 0. The van der Waals surface area contributed by atoms with E-state index in [-0.39, 0.29) is 6.04 Å². The van der Waals surface area contributed by atoms with E-state index in [0.29, 0.717) is 11.2 Å². The summed E-state index contributed by atoms with van der Waals surface area (Å²) in [5.41, 5.74) is 1.46. The molecule has 1 atom stereocenters. The summed E-state index contributed by atoms with van der Waals surface area (Å²) in [6.07, 6.45) is 1.16. The van der Waals surface area contributed by atoms with Crippen molar-refractivity contribution in [2.24, 2.45) is 5.41 Å². The molecule has 0 aliphatic carbocycles. The SMILES string of the molecule is CCC(C)(C)CNC(C)c1cccc(O)c1. The molecule has 0 aliphatic rings. The highest BCUT2D eigenvalue weighted by atomic mass is 16.3. The van der Waals surface area contributed by atoms with Crippen LogP contribution < -0.4 is 5.32 Å². The molecule has 0 saturated carbocycles. The second-order valence-corrected chi connectivity index (χ2v) is 5.22. The number of rotatable bonds is 5. The van der Waals surface area contributed by atoms with E-state index < -0.39 is 0 Å². The fourth-order valence-electron chi connectivity index (χ4n) is 1.47. The van der Waals surface area contributed by atoms with Crippen molar-refractivity contribution in [1.82, 2.24) is 5.32 Å². The molecular formula is C14H23NO. The summed E-state index contributed by atoms with van der Waals surface area (Å²) in [4.78, 5) is 0. The van der Waals surface area contributed by atoms with Crippen LogP contribution in [0.15, 0.2) is 24.3 Å². The van der Waals surface area contributed by atoms with Crippen LogP contribution in [0.3, 0.4) is 0 Å². The predicted octanol–water partition coefficient (Wildman–Crippen LogP) is 3.48. The highest BCUT2D eigenvalue weighted by Gasteiger charge is 2.16. The molecule has 0 fully saturated rings. The van der Waals surface area contributed by atoms with E-state index in [1.807, 2.05) is 18.2 Å². The van der Waals surface area contributed by atoms with Gasteiger partial charge in [-0.1, -0.05) is 32.9 Å². The zero-order chi connectivity index (χ0) is 12.2.